The fourth-order valence-corrected chi connectivity index (χ4v) is 5.25. The number of piperidine rings is 1. The summed E-state index contributed by atoms with van der Waals surface area (Å²) in [4.78, 5) is 26.4. The first-order chi connectivity index (χ1) is 14.1. The molecule has 0 spiro atoms. The minimum atomic E-state index is -0.793. The third-order valence-electron chi connectivity index (χ3n) is 6.53. The van der Waals surface area contributed by atoms with E-state index in [1.807, 2.05) is 24.3 Å². The summed E-state index contributed by atoms with van der Waals surface area (Å²) in [5, 5.41) is 6.02. The molecule has 6 nitrogen and oxygen atoms in total. The third kappa shape index (κ3) is 2.85. The molecule has 2 N–H and O–H groups in total. The molecule has 0 unspecified atom stereocenters. The number of anilines is 1. The van der Waals surface area contributed by atoms with E-state index in [1.54, 1.807) is 31.4 Å². The zero-order chi connectivity index (χ0) is 20.0. The first-order valence-electron chi connectivity index (χ1n) is 10.2. The van der Waals surface area contributed by atoms with Crippen LogP contribution in [0.3, 0.4) is 0 Å². The lowest BCUT2D eigenvalue weighted by molar-refractivity contribution is -0.160. The van der Waals surface area contributed by atoms with Gasteiger partial charge in [0.15, 0.2) is 5.72 Å². The number of carbonyl (C=O) groups excluding carboxylic acids is 2. The van der Waals surface area contributed by atoms with E-state index in [0.29, 0.717) is 11.4 Å². The van der Waals surface area contributed by atoms with E-state index in [4.69, 9.17) is 9.47 Å². The van der Waals surface area contributed by atoms with Crippen LogP contribution in [-0.4, -0.2) is 24.6 Å². The summed E-state index contributed by atoms with van der Waals surface area (Å²) in [6.45, 7) is 0. The Morgan fingerprint density at radius 1 is 1.17 bits per heavy atom. The number of methoxy groups -OCH3 is 1. The number of fused-ring (bicyclic) bond motifs is 2. The molecule has 2 aromatic rings. The van der Waals surface area contributed by atoms with Crippen LogP contribution in [0.4, 0.5) is 5.69 Å². The van der Waals surface area contributed by atoms with E-state index < -0.39 is 11.6 Å². The molecule has 2 heterocycles. The van der Waals surface area contributed by atoms with Crippen LogP contribution in [0.15, 0.2) is 48.5 Å². The lowest BCUT2D eigenvalue weighted by Crippen LogP contribution is -2.69. The maximum Gasteiger partial charge on any atom is 0.237 e. The summed E-state index contributed by atoms with van der Waals surface area (Å²) in [6.07, 6.45) is 3.80. The molecular formula is C23H24N2O4. The van der Waals surface area contributed by atoms with Crippen molar-refractivity contribution in [3.05, 3.63) is 54.1 Å². The van der Waals surface area contributed by atoms with Crippen LogP contribution in [0, 0.1) is 11.8 Å². The SMILES string of the molecule is COc1ccc(NC(=O)[C@@H]2C(=O)N[C@@]34CCCC[C@@H]3[C@H]2c2ccccc2O4)cc1. The fraction of sp³-hybridized carbons (Fsp3) is 0.391. The smallest absolute Gasteiger partial charge is 0.237 e. The van der Waals surface area contributed by atoms with Crippen molar-refractivity contribution < 1.29 is 19.1 Å². The maximum absolute atomic E-state index is 13.3. The lowest BCUT2D eigenvalue weighted by Gasteiger charge is -2.55. The summed E-state index contributed by atoms with van der Waals surface area (Å²) >= 11 is 0. The first kappa shape index (κ1) is 18.0. The quantitative estimate of drug-likeness (QED) is 0.785. The molecular weight excluding hydrogens is 368 g/mol. The third-order valence-corrected chi connectivity index (χ3v) is 6.53. The molecule has 150 valence electrons. The highest BCUT2D eigenvalue weighted by atomic mass is 16.5. The molecule has 2 bridgehead atoms. The highest BCUT2D eigenvalue weighted by molar-refractivity contribution is 6.08. The van der Waals surface area contributed by atoms with Crippen molar-refractivity contribution in [2.45, 2.75) is 37.3 Å². The number of benzene rings is 2. The Morgan fingerprint density at radius 3 is 2.76 bits per heavy atom. The number of para-hydroxylation sites is 1. The number of rotatable bonds is 3. The van der Waals surface area contributed by atoms with Crippen LogP contribution in [-0.2, 0) is 9.59 Å². The average Bonchev–Trinajstić information content (AvgIpc) is 2.73. The van der Waals surface area contributed by atoms with Gasteiger partial charge in [-0.15, -0.1) is 0 Å². The van der Waals surface area contributed by atoms with E-state index >= 15 is 0 Å². The molecule has 5 rings (SSSR count). The van der Waals surface area contributed by atoms with Crippen molar-refractivity contribution >= 4 is 17.5 Å². The van der Waals surface area contributed by atoms with Gasteiger partial charge in [0, 0.05) is 23.9 Å². The van der Waals surface area contributed by atoms with Crippen molar-refractivity contribution in [3.63, 3.8) is 0 Å². The Bertz CT molecular complexity index is 958. The van der Waals surface area contributed by atoms with E-state index in [9.17, 15) is 9.59 Å². The van der Waals surface area contributed by atoms with Gasteiger partial charge in [0.1, 0.15) is 17.4 Å². The number of nitrogens with one attached hydrogen (secondary N) is 2. The van der Waals surface area contributed by atoms with Crippen LogP contribution in [0.25, 0.3) is 0 Å². The second-order valence-electron chi connectivity index (χ2n) is 8.09. The van der Waals surface area contributed by atoms with Gasteiger partial charge < -0.3 is 20.1 Å². The molecule has 6 heteroatoms. The minimum Gasteiger partial charge on any atom is -0.497 e. The predicted molar refractivity (Wildman–Crippen MR) is 108 cm³/mol. The molecule has 0 aromatic heterocycles. The first-order valence-corrected chi connectivity index (χ1v) is 10.2. The van der Waals surface area contributed by atoms with Gasteiger partial charge in [-0.3, -0.25) is 9.59 Å². The molecule has 2 aromatic carbocycles. The molecule has 29 heavy (non-hydrogen) atoms. The maximum atomic E-state index is 13.3. The summed E-state index contributed by atoms with van der Waals surface area (Å²) < 4.78 is 11.5. The summed E-state index contributed by atoms with van der Waals surface area (Å²) in [5.74, 6) is 0.0601. The average molecular weight is 392 g/mol. The Morgan fingerprint density at radius 2 is 1.97 bits per heavy atom. The largest absolute Gasteiger partial charge is 0.497 e. The zero-order valence-electron chi connectivity index (χ0n) is 16.3. The second kappa shape index (κ2) is 6.79. The molecule has 0 radical (unpaired) electrons. The minimum absolute atomic E-state index is 0.0930. The molecule has 4 atom stereocenters. The molecule has 1 saturated heterocycles. The normalized spacial score (nSPS) is 29.6. The van der Waals surface area contributed by atoms with E-state index in [-0.39, 0.29) is 23.7 Å². The van der Waals surface area contributed by atoms with Crippen molar-refractivity contribution in [1.29, 1.82) is 0 Å². The van der Waals surface area contributed by atoms with Crippen LogP contribution in [0.5, 0.6) is 11.5 Å². The van der Waals surface area contributed by atoms with Crippen molar-refractivity contribution in [3.8, 4) is 11.5 Å². The standard InChI is InChI=1S/C23H24N2O4/c1-28-15-11-9-14(10-12-15)24-21(26)20-19-16-6-2-3-8-18(16)29-23(25-22(20)27)13-5-4-7-17(19)23/h2-3,6,8-12,17,19-20H,4-5,7,13H2,1H3,(H,24,26)(H,25,27)/t17-,19-,20-,23-/m1/s1. The van der Waals surface area contributed by atoms with Crippen LogP contribution < -0.4 is 20.1 Å². The Balaban J connectivity index is 1.51. The van der Waals surface area contributed by atoms with Crippen molar-refractivity contribution in [2.24, 2.45) is 11.8 Å². The Kier molecular flexibility index (Phi) is 4.23. The number of ether oxygens (including phenoxy) is 2. The summed E-state index contributed by atoms with van der Waals surface area (Å²) in [6, 6.07) is 14.9. The number of carbonyl (C=O) groups is 2. The number of hydrogen-bond acceptors (Lipinski definition) is 4. The fourth-order valence-electron chi connectivity index (χ4n) is 5.25. The monoisotopic (exact) mass is 392 g/mol. The van der Waals surface area contributed by atoms with Crippen LogP contribution in [0.1, 0.15) is 37.2 Å². The van der Waals surface area contributed by atoms with Crippen LogP contribution in [0.2, 0.25) is 0 Å². The molecule has 1 saturated carbocycles. The second-order valence-corrected chi connectivity index (χ2v) is 8.09. The lowest BCUT2D eigenvalue weighted by atomic mass is 9.62. The van der Waals surface area contributed by atoms with Gasteiger partial charge in [-0.25, -0.2) is 0 Å². The van der Waals surface area contributed by atoms with E-state index in [1.165, 1.54) is 0 Å². The molecule has 2 amide bonds. The number of amides is 2. The van der Waals surface area contributed by atoms with Crippen molar-refractivity contribution in [2.75, 3.05) is 12.4 Å². The predicted octanol–water partition coefficient (Wildman–Crippen LogP) is 3.44. The number of hydrogen-bond donors (Lipinski definition) is 2. The highest BCUT2D eigenvalue weighted by Gasteiger charge is 2.60. The van der Waals surface area contributed by atoms with Crippen molar-refractivity contribution in [1.82, 2.24) is 5.32 Å². The van der Waals surface area contributed by atoms with Gasteiger partial charge in [-0.2, -0.15) is 0 Å². The topological polar surface area (TPSA) is 76.7 Å². The van der Waals surface area contributed by atoms with Gasteiger partial charge in [-0.05, 0) is 48.7 Å². The molecule has 2 aliphatic heterocycles. The van der Waals surface area contributed by atoms with E-state index in [0.717, 1.165) is 37.0 Å². The van der Waals surface area contributed by atoms with E-state index in [2.05, 4.69) is 10.6 Å². The molecule has 2 fully saturated rings. The highest BCUT2D eigenvalue weighted by Crippen LogP contribution is 2.55. The van der Waals surface area contributed by atoms with Gasteiger partial charge in [0.05, 0.1) is 7.11 Å². The summed E-state index contributed by atoms with van der Waals surface area (Å²) in [5.41, 5.74) is 0.912. The van der Waals surface area contributed by atoms with Gasteiger partial charge in [0.25, 0.3) is 0 Å². The Labute approximate surface area is 169 Å². The van der Waals surface area contributed by atoms with Crippen LogP contribution >= 0.6 is 0 Å². The summed E-state index contributed by atoms with van der Waals surface area (Å²) in [7, 11) is 1.60. The molecule has 1 aliphatic carbocycles. The molecule has 3 aliphatic rings. The Hall–Kier alpha value is -3.02. The van der Waals surface area contributed by atoms with Gasteiger partial charge >= 0.3 is 0 Å². The van der Waals surface area contributed by atoms with Gasteiger partial charge in [0.2, 0.25) is 11.8 Å². The van der Waals surface area contributed by atoms with Gasteiger partial charge in [-0.1, -0.05) is 24.6 Å². The zero-order valence-corrected chi connectivity index (χ0v) is 16.3.